The SMILES string of the molecule is CC(=O)OC(C)CC(=O)C(C)C. The van der Waals surface area contributed by atoms with Crippen molar-refractivity contribution in [1.29, 1.82) is 0 Å². The molecule has 0 aromatic heterocycles. The summed E-state index contributed by atoms with van der Waals surface area (Å²) in [5.74, 6) is -0.189. The maximum Gasteiger partial charge on any atom is 0.302 e. The highest BCUT2D eigenvalue weighted by molar-refractivity contribution is 5.81. The maximum absolute atomic E-state index is 11.1. The smallest absolute Gasteiger partial charge is 0.302 e. The van der Waals surface area contributed by atoms with E-state index in [9.17, 15) is 9.59 Å². The second-order valence-corrected chi connectivity index (χ2v) is 3.25. The van der Waals surface area contributed by atoms with E-state index in [0.717, 1.165) is 0 Å². The van der Waals surface area contributed by atoms with Crippen molar-refractivity contribution in [2.75, 3.05) is 0 Å². The van der Waals surface area contributed by atoms with Crippen molar-refractivity contribution in [2.45, 2.75) is 40.2 Å². The Morgan fingerprint density at radius 1 is 1.25 bits per heavy atom. The van der Waals surface area contributed by atoms with Gasteiger partial charge >= 0.3 is 5.97 Å². The van der Waals surface area contributed by atoms with E-state index in [2.05, 4.69) is 0 Å². The van der Waals surface area contributed by atoms with Crippen molar-refractivity contribution in [2.24, 2.45) is 5.92 Å². The molecule has 1 unspecified atom stereocenters. The average molecular weight is 172 g/mol. The molecule has 0 saturated carbocycles. The molecule has 70 valence electrons. The van der Waals surface area contributed by atoms with E-state index in [1.54, 1.807) is 6.92 Å². The van der Waals surface area contributed by atoms with Gasteiger partial charge in [0.05, 0.1) is 0 Å². The van der Waals surface area contributed by atoms with Crippen molar-refractivity contribution in [1.82, 2.24) is 0 Å². The highest BCUT2D eigenvalue weighted by Gasteiger charge is 2.13. The van der Waals surface area contributed by atoms with Gasteiger partial charge in [0.2, 0.25) is 0 Å². The van der Waals surface area contributed by atoms with Crippen LogP contribution in [-0.4, -0.2) is 17.9 Å². The third-order valence-corrected chi connectivity index (χ3v) is 1.50. The van der Waals surface area contributed by atoms with Crippen molar-refractivity contribution >= 4 is 11.8 Å². The Labute approximate surface area is 73.1 Å². The van der Waals surface area contributed by atoms with Crippen LogP contribution in [0.2, 0.25) is 0 Å². The highest BCUT2D eigenvalue weighted by atomic mass is 16.5. The first kappa shape index (κ1) is 11.1. The van der Waals surface area contributed by atoms with Crippen LogP contribution in [0.25, 0.3) is 0 Å². The van der Waals surface area contributed by atoms with Gasteiger partial charge in [-0.3, -0.25) is 9.59 Å². The van der Waals surface area contributed by atoms with Gasteiger partial charge in [0, 0.05) is 19.3 Å². The van der Waals surface area contributed by atoms with Gasteiger partial charge in [0.1, 0.15) is 11.9 Å². The molecule has 0 radical (unpaired) electrons. The number of ketones is 1. The summed E-state index contributed by atoms with van der Waals surface area (Å²) in [6, 6.07) is 0. The highest BCUT2D eigenvalue weighted by Crippen LogP contribution is 2.05. The Hall–Kier alpha value is -0.860. The Morgan fingerprint density at radius 3 is 2.08 bits per heavy atom. The molecule has 0 N–H and O–H groups in total. The van der Waals surface area contributed by atoms with E-state index in [-0.39, 0.29) is 23.8 Å². The molecule has 0 aromatic rings. The molecule has 3 nitrogen and oxygen atoms in total. The Bertz CT molecular complexity index is 173. The lowest BCUT2D eigenvalue weighted by atomic mass is 10.0. The van der Waals surface area contributed by atoms with Gasteiger partial charge < -0.3 is 4.74 Å². The van der Waals surface area contributed by atoms with Crippen LogP contribution in [0.1, 0.15) is 34.1 Å². The molecule has 0 heterocycles. The van der Waals surface area contributed by atoms with Crippen molar-refractivity contribution in [3.05, 3.63) is 0 Å². The monoisotopic (exact) mass is 172 g/mol. The van der Waals surface area contributed by atoms with Gasteiger partial charge in [0.25, 0.3) is 0 Å². The summed E-state index contributed by atoms with van der Waals surface area (Å²) in [7, 11) is 0. The molecule has 3 heteroatoms. The minimum absolute atomic E-state index is 0.0167. The Kier molecular flexibility index (Phi) is 4.55. The molecule has 0 aromatic carbocycles. The summed E-state index contributed by atoms with van der Waals surface area (Å²) in [6.45, 7) is 6.74. The molecule has 0 aliphatic heterocycles. The van der Waals surface area contributed by atoms with Gasteiger partial charge in [-0.15, -0.1) is 0 Å². The fourth-order valence-corrected chi connectivity index (χ4v) is 0.844. The molecule has 0 amide bonds. The van der Waals surface area contributed by atoms with Gasteiger partial charge in [-0.2, -0.15) is 0 Å². The molecule has 0 spiro atoms. The van der Waals surface area contributed by atoms with Crippen LogP contribution in [0.5, 0.6) is 0 Å². The number of esters is 1. The fraction of sp³-hybridized carbons (Fsp3) is 0.778. The summed E-state index contributed by atoms with van der Waals surface area (Å²) >= 11 is 0. The number of ether oxygens (including phenoxy) is 1. The molecule has 0 fully saturated rings. The van der Waals surface area contributed by atoms with Crippen LogP contribution < -0.4 is 0 Å². The maximum atomic E-state index is 11.1. The first-order valence-corrected chi connectivity index (χ1v) is 4.13. The molecule has 0 aliphatic rings. The summed E-state index contributed by atoms with van der Waals surface area (Å²) in [4.78, 5) is 21.6. The summed E-state index contributed by atoms with van der Waals surface area (Å²) in [5.41, 5.74) is 0. The minimum atomic E-state index is -0.334. The lowest BCUT2D eigenvalue weighted by Crippen LogP contribution is -2.19. The number of carbonyl (C=O) groups is 2. The normalized spacial score (nSPS) is 12.8. The first-order chi connectivity index (χ1) is 5.43. The Morgan fingerprint density at radius 2 is 1.75 bits per heavy atom. The molecule has 0 aliphatic carbocycles. The second kappa shape index (κ2) is 4.91. The second-order valence-electron chi connectivity index (χ2n) is 3.25. The Balaban J connectivity index is 3.76. The molecule has 1 atom stereocenters. The van der Waals surface area contributed by atoms with Crippen LogP contribution in [-0.2, 0) is 14.3 Å². The molecular formula is C9H16O3. The fourth-order valence-electron chi connectivity index (χ4n) is 0.844. The lowest BCUT2D eigenvalue weighted by Gasteiger charge is -2.11. The zero-order valence-electron chi connectivity index (χ0n) is 8.09. The number of hydrogen-bond acceptors (Lipinski definition) is 3. The van der Waals surface area contributed by atoms with Crippen LogP contribution in [0, 0.1) is 5.92 Å². The largest absolute Gasteiger partial charge is 0.462 e. The average Bonchev–Trinajstić information content (AvgIpc) is 1.84. The van der Waals surface area contributed by atoms with Gasteiger partial charge in [-0.05, 0) is 6.92 Å². The number of Topliss-reactive ketones (excluding diaryl/α,β-unsaturated/α-hetero) is 1. The van der Waals surface area contributed by atoms with Crippen LogP contribution >= 0.6 is 0 Å². The van der Waals surface area contributed by atoms with Gasteiger partial charge in [-0.1, -0.05) is 13.8 Å². The van der Waals surface area contributed by atoms with Gasteiger partial charge in [-0.25, -0.2) is 0 Å². The predicted molar refractivity (Wildman–Crippen MR) is 45.7 cm³/mol. The standard InChI is InChI=1S/C9H16O3/c1-6(2)9(11)5-7(3)12-8(4)10/h6-7H,5H2,1-4H3. The first-order valence-electron chi connectivity index (χ1n) is 4.13. The number of hydrogen-bond donors (Lipinski definition) is 0. The minimum Gasteiger partial charge on any atom is -0.462 e. The van der Waals surface area contributed by atoms with Crippen LogP contribution in [0.4, 0.5) is 0 Å². The molecule has 0 bridgehead atoms. The summed E-state index contributed by atoms with van der Waals surface area (Å²) in [5, 5.41) is 0. The van der Waals surface area contributed by atoms with Gasteiger partial charge in [0.15, 0.2) is 0 Å². The number of rotatable bonds is 4. The molecular weight excluding hydrogens is 156 g/mol. The van der Waals surface area contributed by atoms with Crippen molar-refractivity contribution in [3.8, 4) is 0 Å². The van der Waals surface area contributed by atoms with Crippen molar-refractivity contribution in [3.63, 3.8) is 0 Å². The molecule has 0 saturated heterocycles. The van der Waals surface area contributed by atoms with E-state index in [0.29, 0.717) is 6.42 Å². The molecule has 12 heavy (non-hydrogen) atoms. The number of carbonyl (C=O) groups excluding carboxylic acids is 2. The van der Waals surface area contributed by atoms with Crippen LogP contribution in [0.15, 0.2) is 0 Å². The zero-order valence-corrected chi connectivity index (χ0v) is 8.09. The van der Waals surface area contributed by atoms with E-state index < -0.39 is 0 Å². The zero-order chi connectivity index (χ0) is 9.72. The van der Waals surface area contributed by atoms with E-state index in [1.807, 2.05) is 13.8 Å². The predicted octanol–water partition coefficient (Wildman–Crippen LogP) is 1.55. The van der Waals surface area contributed by atoms with E-state index in [1.165, 1.54) is 6.92 Å². The molecule has 0 rings (SSSR count). The van der Waals surface area contributed by atoms with Crippen LogP contribution in [0.3, 0.4) is 0 Å². The topological polar surface area (TPSA) is 43.4 Å². The van der Waals surface area contributed by atoms with Crippen molar-refractivity contribution < 1.29 is 14.3 Å². The third-order valence-electron chi connectivity index (χ3n) is 1.50. The summed E-state index contributed by atoms with van der Waals surface area (Å²) in [6.07, 6.45) is 0.0226. The quantitative estimate of drug-likeness (QED) is 0.604. The third kappa shape index (κ3) is 4.88. The van der Waals surface area contributed by atoms with E-state index >= 15 is 0 Å². The lowest BCUT2D eigenvalue weighted by molar-refractivity contribution is -0.146. The van der Waals surface area contributed by atoms with E-state index in [4.69, 9.17) is 4.74 Å². The summed E-state index contributed by atoms with van der Waals surface area (Å²) < 4.78 is 4.81.